The standard InChI is InChI=1S/C10H16O.C2H4O2/c1-9(2)5-4-6-10(3)7-8-11;1-2(3)4/h5,7-8H,4,6H2,1-3H3;1H3,(H,3,4). The second-order valence-electron chi connectivity index (χ2n) is 3.49. The van der Waals surface area contributed by atoms with Gasteiger partial charge in [-0.2, -0.15) is 0 Å². The maximum absolute atomic E-state index is 10.0. The largest absolute Gasteiger partial charge is 0.481 e. The van der Waals surface area contributed by atoms with Gasteiger partial charge in [0.15, 0.2) is 0 Å². The summed E-state index contributed by atoms with van der Waals surface area (Å²) >= 11 is 0. The number of rotatable bonds is 4. The Kier molecular flexibility index (Phi) is 11.5. The van der Waals surface area contributed by atoms with Gasteiger partial charge in [0, 0.05) is 6.92 Å². The number of aliphatic carboxylic acids is 1. The quantitative estimate of drug-likeness (QED) is 0.443. The maximum atomic E-state index is 10.0. The molecular formula is C12H20O3. The van der Waals surface area contributed by atoms with Crippen LogP contribution in [0.1, 0.15) is 40.5 Å². The summed E-state index contributed by atoms with van der Waals surface area (Å²) in [4.78, 5) is 19.0. The second-order valence-corrected chi connectivity index (χ2v) is 3.49. The van der Waals surface area contributed by atoms with E-state index in [9.17, 15) is 4.79 Å². The second kappa shape index (κ2) is 10.7. The third kappa shape index (κ3) is 24.5. The average Bonchev–Trinajstić information content (AvgIpc) is 2.02. The number of hydrogen-bond acceptors (Lipinski definition) is 2. The number of carboxylic acid groups (broad SMARTS) is 1. The van der Waals surface area contributed by atoms with E-state index in [1.54, 1.807) is 6.08 Å². The first-order chi connectivity index (χ1) is 6.90. The maximum Gasteiger partial charge on any atom is 0.300 e. The van der Waals surface area contributed by atoms with Gasteiger partial charge in [-0.05, 0) is 39.7 Å². The highest BCUT2D eigenvalue weighted by Crippen LogP contribution is 2.05. The molecule has 0 bridgehead atoms. The van der Waals surface area contributed by atoms with Gasteiger partial charge in [0.25, 0.3) is 5.97 Å². The first-order valence-corrected chi connectivity index (χ1v) is 4.84. The van der Waals surface area contributed by atoms with Crippen LogP contribution in [0.4, 0.5) is 0 Å². The lowest BCUT2D eigenvalue weighted by atomic mass is 10.1. The Labute approximate surface area is 91.5 Å². The molecule has 3 nitrogen and oxygen atoms in total. The molecule has 0 aromatic heterocycles. The molecule has 3 heteroatoms. The van der Waals surface area contributed by atoms with E-state index in [4.69, 9.17) is 9.90 Å². The van der Waals surface area contributed by atoms with E-state index in [0.29, 0.717) is 0 Å². The molecule has 0 aliphatic heterocycles. The molecule has 0 aliphatic rings. The molecule has 0 aliphatic carbocycles. The van der Waals surface area contributed by atoms with Crippen molar-refractivity contribution in [2.45, 2.75) is 40.5 Å². The molecule has 0 aromatic carbocycles. The van der Waals surface area contributed by atoms with Crippen molar-refractivity contribution < 1.29 is 14.7 Å². The van der Waals surface area contributed by atoms with Gasteiger partial charge in [0.1, 0.15) is 6.29 Å². The zero-order chi connectivity index (χ0) is 12.3. The fraction of sp³-hybridized carbons (Fsp3) is 0.500. The van der Waals surface area contributed by atoms with Gasteiger partial charge < -0.3 is 5.11 Å². The molecule has 0 fully saturated rings. The minimum Gasteiger partial charge on any atom is -0.481 e. The van der Waals surface area contributed by atoms with Crippen LogP contribution in [0.15, 0.2) is 23.3 Å². The fourth-order valence-corrected chi connectivity index (χ4v) is 0.788. The SMILES string of the molecule is CC(=O)O.CC(C)=CCCC(C)=CC=O. The smallest absolute Gasteiger partial charge is 0.300 e. The molecule has 0 unspecified atom stereocenters. The molecule has 0 radical (unpaired) electrons. The van der Waals surface area contributed by atoms with Gasteiger partial charge in [-0.15, -0.1) is 0 Å². The van der Waals surface area contributed by atoms with Crippen LogP contribution < -0.4 is 0 Å². The Morgan fingerprint density at radius 2 is 1.67 bits per heavy atom. The highest BCUT2D eigenvalue weighted by molar-refractivity contribution is 5.65. The van der Waals surface area contributed by atoms with Crippen molar-refractivity contribution in [3.05, 3.63) is 23.3 Å². The molecule has 0 rings (SSSR count). The van der Waals surface area contributed by atoms with Crippen molar-refractivity contribution >= 4 is 12.3 Å². The number of carbonyl (C=O) groups is 2. The van der Waals surface area contributed by atoms with Crippen LogP contribution in [0, 0.1) is 0 Å². The van der Waals surface area contributed by atoms with Crippen molar-refractivity contribution in [1.82, 2.24) is 0 Å². The van der Waals surface area contributed by atoms with Gasteiger partial charge in [-0.1, -0.05) is 17.2 Å². The summed E-state index contributed by atoms with van der Waals surface area (Å²) in [6.07, 6.45) is 6.68. The number of aldehydes is 1. The Morgan fingerprint density at radius 3 is 2.00 bits per heavy atom. The van der Waals surface area contributed by atoms with Gasteiger partial charge >= 0.3 is 0 Å². The summed E-state index contributed by atoms with van der Waals surface area (Å²) < 4.78 is 0. The van der Waals surface area contributed by atoms with Crippen molar-refractivity contribution in [2.75, 3.05) is 0 Å². The molecule has 1 N–H and O–H groups in total. The lowest BCUT2D eigenvalue weighted by Crippen LogP contribution is -1.78. The van der Waals surface area contributed by atoms with Crippen molar-refractivity contribution in [1.29, 1.82) is 0 Å². The lowest BCUT2D eigenvalue weighted by molar-refractivity contribution is -0.134. The van der Waals surface area contributed by atoms with E-state index >= 15 is 0 Å². The number of carbonyl (C=O) groups excluding carboxylic acids is 1. The highest BCUT2D eigenvalue weighted by atomic mass is 16.4. The number of carboxylic acids is 1. The summed E-state index contributed by atoms with van der Waals surface area (Å²) in [5.74, 6) is -0.833. The number of allylic oxidation sites excluding steroid dienone is 4. The third-order valence-corrected chi connectivity index (χ3v) is 1.44. The minimum atomic E-state index is -0.833. The molecule has 0 atom stereocenters. The predicted molar refractivity (Wildman–Crippen MR) is 61.8 cm³/mol. The molecule has 0 spiro atoms. The van der Waals surface area contributed by atoms with Crippen molar-refractivity contribution in [3.8, 4) is 0 Å². The van der Waals surface area contributed by atoms with Crippen LogP contribution in [0.2, 0.25) is 0 Å². The molecular weight excluding hydrogens is 192 g/mol. The third-order valence-electron chi connectivity index (χ3n) is 1.44. The van der Waals surface area contributed by atoms with Gasteiger partial charge in [0.2, 0.25) is 0 Å². The van der Waals surface area contributed by atoms with E-state index in [-0.39, 0.29) is 0 Å². The molecule has 0 saturated carbocycles. The lowest BCUT2D eigenvalue weighted by Gasteiger charge is -1.94. The zero-order valence-corrected chi connectivity index (χ0v) is 9.91. The van der Waals surface area contributed by atoms with Crippen LogP contribution in [-0.2, 0) is 9.59 Å². The molecule has 0 heterocycles. The van der Waals surface area contributed by atoms with Gasteiger partial charge in [-0.3, -0.25) is 9.59 Å². The fourth-order valence-electron chi connectivity index (χ4n) is 0.788. The normalized spacial score (nSPS) is 9.73. The molecule has 0 amide bonds. The first-order valence-electron chi connectivity index (χ1n) is 4.84. The topological polar surface area (TPSA) is 54.4 Å². The Morgan fingerprint density at radius 1 is 1.20 bits per heavy atom. The van der Waals surface area contributed by atoms with Gasteiger partial charge in [-0.25, -0.2) is 0 Å². The van der Waals surface area contributed by atoms with Crippen LogP contribution >= 0.6 is 0 Å². The zero-order valence-electron chi connectivity index (χ0n) is 9.91. The first kappa shape index (κ1) is 16.1. The predicted octanol–water partition coefficient (Wildman–Crippen LogP) is 2.97. The molecule has 15 heavy (non-hydrogen) atoms. The summed E-state index contributed by atoms with van der Waals surface area (Å²) in [7, 11) is 0. The van der Waals surface area contributed by atoms with Crippen LogP contribution in [0.25, 0.3) is 0 Å². The monoisotopic (exact) mass is 212 g/mol. The van der Waals surface area contributed by atoms with Crippen molar-refractivity contribution in [2.24, 2.45) is 0 Å². The van der Waals surface area contributed by atoms with Crippen LogP contribution in [0.3, 0.4) is 0 Å². The van der Waals surface area contributed by atoms with Crippen LogP contribution in [-0.4, -0.2) is 17.4 Å². The van der Waals surface area contributed by atoms with E-state index in [1.807, 2.05) is 6.92 Å². The van der Waals surface area contributed by atoms with E-state index in [1.165, 1.54) is 5.57 Å². The Hall–Kier alpha value is -1.38. The summed E-state index contributed by atoms with van der Waals surface area (Å²) in [5.41, 5.74) is 2.49. The van der Waals surface area contributed by atoms with E-state index in [2.05, 4.69) is 19.9 Å². The van der Waals surface area contributed by atoms with E-state index in [0.717, 1.165) is 31.6 Å². The summed E-state index contributed by atoms with van der Waals surface area (Å²) in [6.45, 7) is 7.23. The van der Waals surface area contributed by atoms with E-state index < -0.39 is 5.97 Å². The van der Waals surface area contributed by atoms with Crippen molar-refractivity contribution in [3.63, 3.8) is 0 Å². The Bertz CT molecular complexity index is 242. The van der Waals surface area contributed by atoms with Gasteiger partial charge in [0.05, 0.1) is 0 Å². The summed E-state index contributed by atoms with van der Waals surface area (Å²) in [5, 5.41) is 7.42. The molecule has 86 valence electrons. The van der Waals surface area contributed by atoms with Crippen LogP contribution in [0.5, 0.6) is 0 Å². The highest BCUT2D eigenvalue weighted by Gasteiger charge is 1.86. The number of hydrogen-bond donors (Lipinski definition) is 1. The Balaban J connectivity index is 0. The molecule has 0 aromatic rings. The average molecular weight is 212 g/mol. The molecule has 0 saturated heterocycles. The minimum absolute atomic E-state index is 0.833. The summed E-state index contributed by atoms with van der Waals surface area (Å²) in [6, 6.07) is 0.